The zero-order valence-corrected chi connectivity index (χ0v) is 33.3. The number of H-pyrrole nitrogens is 2. The van der Waals surface area contributed by atoms with Gasteiger partial charge in [-0.2, -0.15) is 0 Å². The van der Waals surface area contributed by atoms with Gasteiger partial charge in [0.25, 0.3) is 0 Å². The van der Waals surface area contributed by atoms with Crippen LogP contribution in [0.4, 0.5) is 14.0 Å². The van der Waals surface area contributed by atoms with E-state index in [4.69, 9.17) is 16.1 Å². The molecule has 4 N–H and O–H groups in total. The number of nitrogens with zero attached hydrogens (tertiary/aromatic N) is 5. The minimum Gasteiger partial charge on any atom is -0.453 e. The van der Waals surface area contributed by atoms with E-state index in [2.05, 4.69) is 41.2 Å². The van der Waals surface area contributed by atoms with Gasteiger partial charge in [-0.15, -0.1) is 12.3 Å². The van der Waals surface area contributed by atoms with Gasteiger partial charge in [0, 0.05) is 41.6 Å². The van der Waals surface area contributed by atoms with E-state index in [1.165, 1.54) is 20.3 Å². The van der Waals surface area contributed by atoms with Gasteiger partial charge in [0.1, 0.15) is 29.5 Å². The number of hydrogen-bond acceptors (Lipinski definition) is 9. The molecule has 59 heavy (non-hydrogen) atoms. The zero-order valence-electron chi connectivity index (χ0n) is 33.3. The van der Waals surface area contributed by atoms with Crippen molar-refractivity contribution in [2.45, 2.75) is 70.1 Å². The van der Waals surface area contributed by atoms with Crippen molar-refractivity contribution in [2.75, 3.05) is 27.3 Å². The first-order valence-corrected chi connectivity index (χ1v) is 19.5. The maximum atomic E-state index is 15.8. The second-order valence-electron chi connectivity index (χ2n) is 15.0. The van der Waals surface area contributed by atoms with Gasteiger partial charge in [0.05, 0.1) is 61.3 Å². The van der Waals surface area contributed by atoms with Gasteiger partial charge < -0.3 is 39.9 Å². The minimum absolute atomic E-state index is 0.0305. The second-order valence-corrected chi connectivity index (χ2v) is 15.0. The summed E-state index contributed by atoms with van der Waals surface area (Å²) in [6, 6.07) is 12.1. The van der Waals surface area contributed by atoms with Crippen molar-refractivity contribution in [1.29, 1.82) is 0 Å². The van der Waals surface area contributed by atoms with Gasteiger partial charge in [0.2, 0.25) is 11.8 Å². The van der Waals surface area contributed by atoms with Crippen LogP contribution in [-0.4, -0.2) is 98.1 Å². The van der Waals surface area contributed by atoms with E-state index in [9.17, 15) is 19.2 Å². The van der Waals surface area contributed by atoms with Crippen molar-refractivity contribution >= 4 is 34.9 Å². The fourth-order valence-electron chi connectivity index (χ4n) is 7.87. The van der Waals surface area contributed by atoms with Crippen molar-refractivity contribution in [1.82, 2.24) is 45.4 Å². The number of hydrogen-bond donors (Lipinski definition) is 4. The summed E-state index contributed by atoms with van der Waals surface area (Å²) < 4.78 is 25.2. The molecule has 2 aromatic carbocycles. The summed E-state index contributed by atoms with van der Waals surface area (Å²) in [6.45, 7) is 4.75. The average molecular weight is 804 g/mol. The number of fused-ring (bicyclic) bond motifs is 1. The Morgan fingerprint density at radius 3 is 2.03 bits per heavy atom. The van der Waals surface area contributed by atoms with Crippen LogP contribution in [0, 0.1) is 24.1 Å². The first-order valence-electron chi connectivity index (χ1n) is 19.5. The van der Waals surface area contributed by atoms with Crippen LogP contribution in [0.5, 0.6) is 0 Å². The third kappa shape index (κ3) is 8.45. The largest absolute Gasteiger partial charge is 0.453 e. The number of carbonyl (C=O) groups is 4. The fraction of sp³-hybridized carbons (Fsp3) is 0.372. The van der Waals surface area contributed by atoms with E-state index in [1.807, 2.05) is 38.1 Å². The Morgan fingerprint density at radius 1 is 0.847 bits per heavy atom. The Bertz CT molecular complexity index is 2420. The van der Waals surface area contributed by atoms with Crippen LogP contribution in [0.3, 0.4) is 0 Å². The Kier molecular flexibility index (Phi) is 11.9. The van der Waals surface area contributed by atoms with Gasteiger partial charge >= 0.3 is 12.2 Å². The lowest BCUT2D eigenvalue weighted by Crippen LogP contribution is -2.51. The molecule has 0 spiro atoms. The Labute approximate surface area is 340 Å². The quantitative estimate of drug-likeness (QED) is 0.112. The molecule has 2 aliphatic heterocycles. The molecule has 0 radical (unpaired) electrons. The lowest BCUT2D eigenvalue weighted by molar-refractivity contribution is -0.135. The standard InChI is InChI=1S/C43H46FN9O6/c1-6-9-32(50-42(56)58-4)40(54)52-18-7-10-35(52)38-45-22-33(48-38)26-13-16-30-25(20-26)14-17-31(47-30)28-15-12-27(21-29(28)44)34-23-46-39(49-34)36-11-8-19-53(36)41(55)37(24(2)3)51-43(57)59-5/h1,12-17,20-24,32,35-37H,7-11,18-19H2,2-5H3,(H,45,48)(H,46,49)(H,50,56)(H,51,57). The van der Waals surface area contributed by atoms with Crippen molar-refractivity contribution in [3.63, 3.8) is 0 Å². The van der Waals surface area contributed by atoms with E-state index in [0.29, 0.717) is 65.6 Å². The maximum Gasteiger partial charge on any atom is 0.407 e. The number of halogens is 1. The van der Waals surface area contributed by atoms with Crippen LogP contribution >= 0.6 is 0 Å². The lowest BCUT2D eigenvalue weighted by atomic mass is 10.0. The highest BCUT2D eigenvalue weighted by Gasteiger charge is 2.38. The molecule has 5 aromatic rings. The third-order valence-corrected chi connectivity index (χ3v) is 10.9. The number of alkyl carbamates (subject to hydrolysis) is 2. The first kappa shape index (κ1) is 40.4. The summed E-state index contributed by atoms with van der Waals surface area (Å²) in [5, 5.41) is 6.03. The maximum absolute atomic E-state index is 15.8. The molecule has 16 heteroatoms. The molecule has 5 heterocycles. The Hall–Kier alpha value is -6.76. The monoisotopic (exact) mass is 803 g/mol. The van der Waals surface area contributed by atoms with Crippen molar-refractivity contribution in [2.24, 2.45) is 5.92 Å². The summed E-state index contributed by atoms with van der Waals surface area (Å²) >= 11 is 0. The molecule has 3 aromatic heterocycles. The predicted molar refractivity (Wildman–Crippen MR) is 217 cm³/mol. The first-order chi connectivity index (χ1) is 28.5. The number of terminal acetylenes is 1. The molecule has 0 aliphatic carbocycles. The number of imidazole rings is 2. The van der Waals surface area contributed by atoms with Crippen LogP contribution in [0.1, 0.15) is 69.7 Å². The summed E-state index contributed by atoms with van der Waals surface area (Å²) in [5.74, 6) is 2.56. The van der Waals surface area contributed by atoms with Crippen molar-refractivity contribution in [3.8, 4) is 46.1 Å². The van der Waals surface area contributed by atoms with E-state index in [0.717, 1.165) is 29.5 Å². The molecule has 0 bridgehead atoms. The molecule has 2 saturated heterocycles. The molecular weight excluding hydrogens is 758 g/mol. The van der Waals surface area contributed by atoms with Crippen LogP contribution in [0.15, 0.2) is 60.9 Å². The Balaban J connectivity index is 1.04. The minimum atomic E-state index is -0.909. The molecule has 306 valence electrons. The van der Waals surface area contributed by atoms with Crippen LogP contribution in [0.2, 0.25) is 0 Å². The number of rotatable bonds is 11. The second kappa shape index (κ2) is 17.4. The summed E-state index contributed by atoms with van der Waals surface area (Å²) in [5.41, 5.74) is 4.29. The number of benzene rings is 2. The number of pyridine rings is 1. The highest BCUT2D eigenvalue weighted by molar-refractivity contribution is 5.88. The van der Waals surface area contributed by atoms with E-state index in [1.54, 1.807) is 40.4 Å². The molecule has 4 unspecified atom stereocenters. The average Bonchev–Trinajstić information content (AvgIpc) is 4.08. The zero-order chi connectivity index (χ0) is 41.8. The summed E-state index contributed by atoms with van der Waals surface area (Å²) in [6.07, 6.45) is 10.4. The number of aromatic nitrogens is 5. The number of amides is 4. The smallest absolute Gasteiger partial charge is 0.407 e. The molecule has 4 amide bonds. The normalized spacial score (nSPS) is 17.4. The lowest BCUT2D eigenvalue weighted by Gasteiger charge is -2.30. The molecule has 2 aliphatic rings. The van der Waals surface area contributed by atoms with Gasteiger partial charge in [0.15, 0.2) is 0 Å². The summed E-state index contributed by atoms with van der Waals surface area (Å²) in [4.78, 5) is 74.8. The highest BCUT2D eigenvalue weighted by atomic mass is 19.1. The Morgan fingerprint density at radius 2 is 1.44 bits per heavy atom. The molecule has 2 fully saturated rings. The number of methoxy groups -OCH3 is 2. The summed E-state index contributed by atoms with van der Waals surface area (Å²) in [7, 11) is 2.49. The predicted octanol–water partition coefficient (Wildman–Crippen LogP) is 6.28. The van der Waals surface area contributed by atoms with Gasteiger partial charge in [-0.25, -0.2) is 28.9 Å². The van der Waals surface area contributed by atoms with Crippen molar-refractivity contribution in [3.05, 3.63) is 78.4 Å². The number of ether oxygens (including phenoxy) is 2. The molecule has 15 nitrogen and oxygen atoms in total. The molecule has 0 saturated carbocycles. The molecule has 4 atom stereocenters. The third-order valence-electron chi connectivity index (χ3n) is 10.9. The van der Waals surface area contributed by atoms with Gasteiger partial charge in [-0.1, -0.05) is 32.0 Å². The number of nitrogens with one attached hydrogen (secondary N) is 4. The highest BCUT2D eigenvalue weighted by Crippen LogP contribution is 2.35. The van der Waals surface area contributed by atoms with E-state index >= 15 is 4.39 Å². The number of carbonyl (C=O) groups excluding carboxylic acids is 4. The van der Waals surface area contributed by atoms with E-state index < -0.39 is 30.1 Å². The number of likely N-dealkylation sites (tertiary alicyclic amines) is 2. The molecular formula is C43H46FN9O6. The topological polar surface area (TPSA) is 188 Å². The van der Waals surface area contributed by atoms with Gasteiger partial charge in [-0.3, -0.25) is 9.59 Å². The van der Waals surface area contributed by atoms with Crippen molar-refractivity contribution < 1.29 is 33.0 Å². The van der Waals surface area contributed by atoms with Crippen LogP contribution in [-0.2, 0) is 19.1 Å². The van der Waals surface area contributed by atoms with Crippen LogP contribution in [0.25, 0.3) is 44.7 Å². The molecule has 7 rings (SSSR count). The van der Waals surface area contributed by atoms with E-state index in [-0.39, 0.29) is 36.2 Å². The number of aromatic amines is 2. The SMILES string of the molecule is C#CCC(NC(=O)OC)C(=O)N1CCCC1c1ncc(-c2ccc3nc(-c4ccc(-c5cnc(C6CCCN6C(=O)C(NC(=O)OC)C(C)C)[nH]5)cc4F)ccc3c2)[nH]1. The fourth-order valence-corrected chi connectivity index (χ4v) is 7.87. The van der Waals surface area contributed by atoms with Gasteiger partial charge in [-0.05, 0) is 61.9 Å². The van der Waals surface area contributed by atoms with Crippen LogP contribution < -0.4 is 10.6 Å².